The van der Waals surface area contributed by atoms with E-state index in [1.54, 1.807) is 0 Å². The monoisotopic (exact) mass is 340 g/mol. The number of hydrogen-bond acceptors (Lipinski definition) is 6. The number of benzene rings is 1. The van der Waals surface area contributed by atoms with Crippen molar-refractivity contribution in [3.8, 4) is 11.5 Å². The van der Waals surface area contributed by atoms with Gasteiger partial charge in [-0.1, -0.05) is 18.2 Å². The lowest BCUT2D eigenvalue weighted by Gasteiger charge is -2.12. The minimum atomic E-state index is -0.620. The maximum absolute atomic E-state index is 12.5. The SMILES string of the molecule is CC(=O)Oc1ccc2c(=O)cc(C3=CCCC=C3)oc2c1OC(C)=O. The lowest BCUT2D eigenvalue weighted by atomic mass is 10.0. The number of rotatable bonds is 3. The third-order valence-electron chi connectivity index (χ3n) is 3.59. The van der Waals surface area contributed by atoms with Crippen molar-refractivity contribution < 1.29 is 23.5 Å². The fourth-order valence-corrected chi connectivity index (χ4v) is 2.59. The minimum Gasteiger partial charge on any atom is -0.452 e. The highest BCUT2D eigenvalue weighted by Gasteiger charge is 2.19. The Hall–Kier alpha value is -3.15. The smallest absolute Gasteiger partial charge is 0.308 e. The Kier molecular flexibility index (Phi) is 4.52. The van der Waals surface area contributed by atoms with E-state index in [-0.39, 0.29) is 27.9 Å². The Labute approximate surface area is 143 Å². The molecule has 0 saturated heterocycles. The first-order valence-corrected chi connectivity index (χ1v) is 7.80. The van der Waals surface area contributed by atoms with Crippen LogP contribution in [0.1, 0.15) is 32.4 Å². The van der Waals surface area contributed by atoms with Crippen LogP contribution in [0, 0.1) is 0 Å². The van der Waals surface area contributed by atoms with Gasteiger partial charge in [-0.15, -0.1) is 0 Å². The van der Waals surface area contributed by atoms with Gasteiger partial charge in [0.2, 0.25) is 5.75 Å². The van der Waals surface area contributed by atoms with Crippen LogP contribution in [0.15, 0.2) is 45.6 Å². The summed E-state index contributed by atoms with van der Waals surface area (Å²) in [7, 11) is 0. The molecule has 0 unspecified atom stereocenters. The molecule has 2 aromatic rings. The van der Waals surface area contributed by atoms with Crippen molar-refractivity contribution in [2.75, 3.05) is 0 Å². The predicted octanol–water partition coefficient (Wildman–Crippen LogP) is 3.38. The van der Waals surface area contributed by atoms with Crippen LogP contribution < -0.4 is 14.9 Å². The first-order chi connectivity index (χ1) is 12.0. The van der Waals surface area contributed by atoms with Crippen molar-refractivity contribution in [1.82, 2.24) is 0 Å². The normalized spacial score (nSPS) is 13.4. The fourth-order valence-electron chi connectivity index (χ4n) is 2.59. The molecule has 128 valence electrons. The molecule has 3 rings (SSSR count). The van der Waals surface area contributed by atoms with E-state index in [1.165, 1.54) is 32.0 Å². The molecular formula is C19H16O6. The first kappa shape index (κ1) is 16.7. The molecule has 0 atom stereocenters. The summed E-state index contributed by atoms with van der Waals surface area (Å²) in [5.41, 5.74) is 0.562. The summed E-state index contributed by atoms with van der Waals surface area (Å²) in [6, 6.07) is 4.27. The molecule has 25 heavy (non-hydrogen) atoms. The summed E-state index contributed by atoms with van der Waals surface area (Å²) >= 11 is 0. The summed E-state index contributed by atoms with van der Waals surface area (Å²) in [6.07, 6.45) is 7.59. The van der Waals surface area contributed by atoms with E-state index in [0.29, 0.717) is 5.76 Å². The lowest BCUT2D eigenvalue weighted by Crippen LogP contribution is -2.10. The van der Waals surface area contributed by atoms with Crippen molar-refractivity contribution in [3.05, 3.63) is 52.4 Å². The van der Waals surface area contributed by atoms with E-state index in [9.17, 15) is 14.4 Å². The Morgan fingerprint density at radius 2 is 1.84 bits per heavy atom. The van der Waals surface area contributed by atoms with Gasteiger partial charge in [-0.25, -0.2) is 0 Å². The van der Waals surface area contributed by atoms with Crippen molar-refractivity contribution in [3.63, 3.8) is 0 Å². The lowest BCUT2D eigenvalue weighted by molar-refractivity contribution is -0.134. The molecule has 6 heteroatoms. The molecule has 0 bridgehead atoms. The molecule has 0 saturated carbocycles. The van der Waals surface area contributed by atoms with Crippen LogP contribution in [-0.2, 0) is 9.59 Å². The van der Waals surface area contributed by atoms with Crippen LogP contribution in [0.25, 0.3) is 16.5 Å². The molecule has 0 radical (unpaired) electrons. The Bertz CT molecular complexity index is 977. The van der Waals surface area contributed by atoms with Gasteiger partial charge in [0.15, 0.2) is 16.8 Å². The molecule has 1 aromatic carbocycles. The summed E-state index contributed by atoms with van der Waals surface area (Å²) in [5, 5.41) is 0.233. The summed E-state index contributed by atoms with van der Waals surface area (Å²) in [5.74, 6) is -0.903. The van der Waals surface area contributed by atoms with Crippen molar-refractivity contribution in [1.29, 1.82) is 0 Å². The van der Waals surface area contributed by atoms with Gasteiger partial charge >= 0.3 is 11.9 Å². The van der Waals surface area contributed by atoms with Crippen LogP contribution in [-0.4, -0.2) is 11.9 Å². The molecule has 6 nitrogen and oxygen atoms in total. The van der Waals surface area contributed by atoms with Crippen LogP contribution in [0.4, 0.5) is 0 Å². The molecule has 0 N–H and O–H groups in total. The van der Waals surface area contributed by atoms with Gasteiger partial charge in [-0.3, -0.25) is 14.4 Å². The van der Waals surface area contributed by atoms with Crippen molar-refractivity contribution in [2.24, 2.45) is 0 Å². The molecule has 1 aromatic heterocycles. The van der Waals surface area contributed by atoms with Gasteiger partial charge in [0, 0.05) is 25.5 Å². The quantitative estimate of drug-likeness (QED) is 0.629. The highest BCUT2D eigenvalue weighted by molar-refractivity contribution is 5.90. The third kappa shape index (κ3) is 3.52. The van der Waals surface area contributed by atoms with Crippen LogP contribution in [0.3, 0.4) is 0 Å². The number of ether oxygens (including phenoxy) is 2. The standard InChI is InChI=1S/C19H16O6/c1-11(20)23-16-9-8-14-15(22)10-17(13-6-4-3-5-7-13)25-18(14)19(16)24-12(2)21/h4,6-10H,3,5H2,1-2H3. The van der Waals surface area contributed by atoms with Gasteiger partial charge in [-0.2, -0.15) is 0 Å². The average molecular weight is 340 g/mol. The Balaban J connectivity index is 2.26. The fraction of sp³-hybridized carbons (Fsp3) is 0.211. The molecule has 0 fully saturated rings. The Morgan fingerprint density at radius 3 is 2.48 bits per heavy atom. The highest BCUT2D eigenvalue weighted by atomic mass is 16.6. The second-order valence-corrected chi connectivity index (χ2v) is 5.57. The summed E-state index contributed by atoms with van der Waals surface area (Å²) < 4.78 is 16.1. The molecular weight excluding hydrogens is 324 g/mol. The van der Waals surface area contributed by atoms with E-state index in [0.717, 1.165) is 18.4 Å². The van der Waals surface area contributed by atoms with Crippen molar-refractivity contribution >= 4 is 28.5 Å². The van der Waals surface area contributed by atoms with E-state index < -0.39 is 11.9 Å². The molecule has 0 aliphatic heterocycles. The topological polar surface area (TPSA) is 82.8 Å². The van der Waals surface area contributed by atoms with Gasteiger partial charge in [-0.05, 0) is 25.0 Å². The van der Waals surface area contributed by atoms with Crippen LogP contribution in [0.2, 0.25) is 0 Å². The van der Waals surface area contributed by atoms with E-state index in [2.05, 4.69) is 0 Å². The Morgan fingerprint density at radius 1 is 1.08 bits per heavy atom. The summed E-state index contributed by atoms with van der Waals surface area (Å²) in [6.45, 7) is 2.44. The van der Waals surface area contributed by atoms with E-state index >= 15 is 0 Å². The minimum absolute atomic E-state index is 0.0173. The number of esters is 2. The second kappa shape index (κ2) is 6.76. The average Bonchev–Trinajstić information content (AvgIpc) is 2.57. The maximum atomic E-state index is 12.5. The van der Waals surface area contributed by atoms with Gasteiger partial charge in [0.05, 0.1) is 5.39 Å². The van der Waals surface area contributed by atoms with Gasteiger partial charge in [0.1, 0.15) is 5.76 Å². The maximum Gasteiger partial charge on any atom is 0.308 e. The molecule has 0 spiro atoms. The first-order valence-electron chi connectivity index (χ1n) is 7.80. The largest absolute Gasteiger partial charge is 0.452 e. The van der Waals surface area contributed by atoms with Gasteiger partial charge in [0.25, 0.3) is 0 Å². The number of hydrogen-bond donors (Lipinski definition) is 0. The molecule has 1 heterocycles. The van der Waals surface area contributed by atoms with Crippen molar-refractivity contribution in [2.45, 2.75) is 26.7 Å². The molecule has 0 amide bonds. The number of allylic oxidation sites excluding steroid dienone is 4. The zero-order chi connectivity index (χ0) is 18.0. The van der Waals surface area contributed by atoms with Gasteiger partial charge < -0.3 is 13.9 Å². The number of carbonyl (C=O) groups is 2. The highest BCUT2D eigenvalue weighted by Crippen LogP contribution is 2.36. The summed E-state index contributed by atoms with van der Waals surface area (Å²) in [4.78, 5) is 35.2. The number of fused-ring (bicyclic) bond motifs is 1. The van der Waals surface area contributed by atoms with Crippen LogP contribution in [0.5, 0.6) is 11.5 Å². The molecule has 1 aliphatic carbocycles. The molecule has 1 aliphatic rings. The zero-order valence-corrected chi connectivity index (χ0v) is 13.8. The van der Waals surface area contributed by atoms with E-state index in [1.807, 2.05) is 18.2 Å². The second-order valence-electron chi connectivity index (χ2n) is 5.57. The number of carbonyl (C=O) groups excluding carboxylic acids is 2. The predicted molar refractivity (Wildman–Crippen MR) is 91.5 cm³/mol. The van der Waals surface area contributed by atoms with Crippen LogP contribution >= 0.6 is 0 Å². The third-order valence-corrected chi connectivity index (χ3v) is 3.59. The van der Waals surface area contributed by atoms with E-state index in [4.69, 9.17) is 13.9 Å². The zero-order valence-electron chi connectivity index (χ0n) is 13.8.